The van der Waals surface area contributed by atoms with Crippen molar-refractivity contribution >= 4 is 0 Å². The van der Waals surface area contributed by atoms with Gasteiger partial charge in [-0.15, -0.1) is 0 Å². The number of rotatable bonds is 2. The molecule has 1 aliphatic heterocycles. The van der Waals surface area contributed by atoms with E-state index in [-0.39, 0.29) is 5.82 Å². The van der Waals surface area contributed by atoms with E-state index in [9.17, 15) is 4.39 Å². The van der Waals surface area contributed by atoms with E-state index in [0.717, 1.165) is 35.6 Å². The summed E-state index contributed by atoms with van der Waals surface area (Å²) in [5.41, 5.74) is 2.88. The van der Waals surface area contributed by atoms with E-state index in [1.807, 2.05) is 24.5 Å². The zero-order valence-electron chi connectivity index (χ0n) is 10.8. The van der Waals surface area contributed by atoms with Crippen LogP contribution in [-0.2, 0) is 13.0 Å². The van der Waals surface area contributed by atoms with Crippen LogP contribution in [0.15, 0.2) is 42.9 Å². The Kier molecular flexibility index (Phi) is 2.45. The van der Waals surface area contributed by atoms with Crippen LogP contribution in [0.1, 0.15) is 17.3 Å². The van der Waals surface area contributed by atoms with E-state index >= 15 is 0 Å². The van der Waals surface area contributed by atoms with Gasteiger partial charge in [0.1, 0.15) is 11.6 Å². The molecule has 1 aliphatic rings. The predicted molar refractivity (Wildman–Crippen MR) is 72.7 cm³/mol. The predicted octanol–water partition coefficient (Wildman–Crippen LogP) is 2.75. The van der Waals surface area contributed by atoms with Crippen molar-refractivity contribution < 1.29 is 4.39 Å². The minimum atomic E-state index is -0.228. The number of H-pyrrole nitrogens is 1. The monoisotopic (exact) mass is 268 g/mol. The van der Waals surface area contributed by atoms with Crippen LogP contribution in [0.2, 0.25) is 0 Å². The van der Waals surface area contributed by atoms with E-state index in [1.54, 1.807) is 12.3 Å². The Balaban J connectivity index is 1.77. The number of benzene rings is 1. The summed E-state index contributed by atoms with van der Waals surface area (Å²) in [4.78, 5) is 4.35. The van der Waals surface area contributed by atoms with Crippen LogP contribution < -0.4 is 0 Å². The molecule has 4 nitrogen and oxygen atoms in total. The first-order valence-electron chi connectivity index (χ1n) is 6.60. The van der Waals surface area contributed by atoms with Crippen LogP contribution in [0.25, 0.3) is 11.3 Å². The van der Waals surface area contributed by atoms with Crippen LogP contribution >= 0.6 is 0 Å². The molecule has 3 aromatic rings. The molecule has 1 unspecified atom stereocenters. The van der Waals surface area contributed by atoms with Crippen LogP contribution in [-0.4, -0.2) is 19.7 Å². The first-order chi connectivity index (χ1) is 9.81. The van der Waals surface area contributed by atoms with Crippen molar-refractivity contribution in [3.8, 4) is 11.3 Å². The number of aromatic nitrogens is 4. The Morgan fingerprint density at radius 2 is 2.20 bits per heavy atom. The van der Waals surface area contributed by atoms with Crippen molar-refractivity contribution in [1.82, 2.24) is 19.7 Å². The van der Waals surface area contributed by atoms with Gasteiger partial charge in [-0.2, -0.15) is 5.10 Å². The molecule has 0 radical (unpaired) electrons. The van der Waals surface area contributed by atoms with E-state index in [2.05, 4.69) is 19.7 Å². The van der Waals surface area contributed by atoms with Gasteiger partial charge in [0.05, 0.1) is 5.69 Å². The summed E-state index contributed by atoms with van der Waals surface area (Å²) in [5.74, 6) is 1.20. The SMILES string of the molecule is Fc1ccc(C2Cc3nccn3C2)c(-c2ccn[nH]2)c1. The first kappa shape index (κ1) is 11.4. The summed E-state index contributed by atoms with van der Waals surface area (Å²) in [7, 11) is 0. The Labute approximate surface area is 115 Å². The number of fused-ring (bicyclic) bond motifs is 1. The van der Waals surface area contributed by atoms with Crippen LogP contribution in [0.5, 0.6) is 0 Å². The Bertz CT molecular complexity index is 725. The third-order valence-corrected chi connectivity index (χ3v) is 3.89. The standard InChI is InChI=1S/C15H13FN4/c16-11-1-2-12(13(8-11)14-3-4-18-19-14)10-7-15-17-5-6-20(15)9-10/h1-6,8,10H,7,9H2,(H,18,19). The molecule has 0 spiro atoms. The summed E-state index contributed by atoms with van der Waals surface area (Å²) in [6.45, 7) is 0.891. The molecule has 1 N–H and O–H groups in total. The second kappa shape index (κ2) is 4.30. The fourth-order valence-corrected chi connectivity index (χ4v) is 2.95. The minimum absolute atomic E-state index is 0.228. The van der Waals surface area contributed by atoms with Crippen molar-refractivity contribution in [3.63, 3.8) is 0 Å². The molecule has 2 aromatic heterocycles. The van der Waals surface area contributed by atoms with Crippen molar-refractivity contribution in [2.75, 3.05) is 0 Å². The molecule has 1 aromatic carbocycles. The summed E-state index contributed by atoms with van der Waals surface area (Å²) in [5, 5.41) is 6.88. The molecule has 1 atom stereocenters. The topological polar surface area (TPSA) is 46.5 Å². The number of imidazole rings is 1. The van der Waals surface area contributed by atoms with Gasteiger partial charge in [-0.1, -0.05) is 6.07 Å². The molecule has 0 bridgehead atoms. The van der Waals surface area contributed by atoms with E-state index < -0.39 is 0 Å². The highest BCUT2D eigenvalue weighted by Crippen LogP contribution is 2.35. The largest absolute Gasteiger partial charge is 0.334 e. The van der Waals surface area contributed by atoms with Crippen LogP contribution in [0, 0.1) is 5.82 Å². The molecular weight excluding hydrogens is 255 g/mol. The molecule has 20 heavy (non-hydrogen) atoms. The zero-order chi connectivity index (χ0) is 13.5. The third kappa shape index (κ3) is 1.74. The van der Waals surface area contributed by atoms with Crippen molar-refractivity contribution in [1.29, 1.82) is 0 Å². The molecule has 0 amide bonds. The molecule has 0 saturated carbocycles. The first-order valence-corrected chi connectivity index (χ1v) is 6.60. The van der Waals surface area contributed by atoms with Crippen molar-refractivity contribution in [2.45, 2.75) is 18.9 Å². The molecule has 3 heterocycles. The Morgan fingerprint density at radius 1 is 1.25 bits per heavy atom. The second-order valence-electron chi connectivity index (χ2n) is 5.10. The maximum absolute atomic E-state index is 13.6. The fraction of sp³-hybridized carbons (Fsp3) is 0.200. The molecule has 0 aliphatic carbocycles. The lowest BCUT2D eigenvalue weighted by atomic mass is 9.91. The van der Waals surface area contributed by atoms with Gasteiger partial charge in [-0.25, -0.2) is 9.37 Å². The van der Waals surface area contributed by atoms with Gasteiger partial charge in [0.15, 0.2) is 0 Å². The van der Waals surface area contributed by atoms with Crippen LogP contribution in [0.4, 0.5) is 4.39 Å². The van der Waals surface area contributed by atoms with E-state index in [1.165, 1.54) is 6.07 Å². The number of halogens is 1. The maximum atomic E-state index is 13.6. The van der Waals surface area contributed by atoms with Crippen LogP contribution in [0.3, 0.4) is 0 Å². The highest BCUT2D eigenvalue weighted by Gasteiger charge is 2.26. The van der Waals surface area contributed by atoms with E-state index in [0.29, 0.717) is 5.92 Å². The lowest BCUT2D eigenvalue weighted by molar-refractivity contribution is 0.620. The summed E-state index contributed by atoms with van der Waals surface area (Å²) >= 11 is 0. The van der Waals surface area contributed by atoms with Gasteiger partial charge in [0, 0.05) is 43.0 Å². The average molecular weight is 268 g/mol. The van der Waals surface area contributed by atoms with Gasteiger partial charge in [0.25, 0.3) is 0 Å². The molecular formula is C15H13FN4. The highest BCUT2D eigenvalue weighted by molar-refractivity contribution is 5.64. The molecule has 0 saturated heterocycles. The number of nitrogens with one attached hydrogen (secondary N) is 1. The van der Waals surface area contributed by atoms with Gasteiger partial charge < -0.3 is 4.57 Å². The normalized spacial score (nSPS) is 17.4. The van der Waals surface area contributed by atoms with Gasteiger partial charge in [-0.05, 0) is 23.8 Å². The van der Waals surface area contributed by atoms with Gasteiger partial charge in [0.2, 0.25) is 0 Å². The van der Waals surface area contributed by atoms with E-state index in [4.69, 9.17) is 0 Å². The lowest BCUT2D eigenvalue weighted by Gasteiger charge is -2.14. The number of hydrogen-bond acceptors (Lipinski definition) is 2. The number of aromatic amines is 1. The summed E-state index contributed by atoms with van der Waals surface area (Å²) in [6, 6.07) is 6.84. The van der Waals surface area contributed by atoms with Gasteiger partial charge in [-0.3, -0.25) is 5.10 Å². The zero-order valence-corrected chi connectivity index (χ0v) is 10.8. The Hall–Kier alpha value is -2.43. The molecule has 100 valence electrons. The lowest BCUT2D eigenvalue weighted by Crippen LogP contribution is -2.03. The van der Waals surface area contributed by atoms with Crippen molar-refractivity contribution in [3.05, 3.63) is 60.1 Å². The highest BCUT2D eigenvalue weighted by atomic mass is 19.1. The minimum Gasteiger partial charge on any atom is -0.334 e. The number of hydrogen-bond donors (Lipinski definition) is 1. The second-order valence-corrected chi connectivity index (χ2v) is 5.10. The smallest absolute Gasteiger partial charge is 0.123 e. The summed E-state index contributed by atoms with van der Waals surface area (Å²) < 4.78 is 15.7. The fourth-order valence-electron chi connectivity index (χ4n) is 2.95. The molecule has 4 rings (SSSR count). The van der Waals surface area contributed by atoms with Crippen molar-refractivity contribution in [2.24, 2.45) is 0 Å². The molecule has 5 heteroatoms. The molecule has 0 fully saturated rings. The third-order valence-electron chi connectivity index (χ3n) is 3.89. The quantitative estimate of drug-likeness (QED) is 0.776. The number of nitrogens with zero attached hydrogens (tertiary/aromatic N) is 3. The summed E-state index contributed by atoms with van der Waals surface area (Å²) in [6.07, 6.45) is 6.39. The van der Waals surface area contributed by atoms with Gasteiger partial charge >= 0.3 is 0 Å². The Morgan fingerprint density at radius 3 is 3.00 bits per heavy atom. The maximum Gasteiger partial charge on any atom is 0.123 e. The average Bonchev–Trinajstić information content (AvgIpc) is 3.15.